The van der Waals surface area contributed by atoms with Gasteiger partial charge in [-0.25, -0.2) is 0 Å². The molecule has 3 heteroatoms. The van der Waals surface area contributed by atoms with Crippen molar-refractivity contribution in [2.24, 2.45) is 5.73 Å². The Morgan fingerprint density at radius 1 is 1.69 bits per heavy atom. The number of hydrogen-bond acceptors (Lipinski definition) is 3. The van der Waals surface area contributed by atoms with Gasteiger partial charge in [0.2, 0.25) is 0 Å². The Morgan fingerprint density at radius 3 is 2.69 bits per heavy atom. The van der Waals surface area contributed by atoms with Crippen LogP contribution >= 0.6 is 0 Å². The molecule has 0 aromatic heterocycles. The van der Waals surface area contributed by atoms with Crippen LogP contribution in [0.25, 0.3) is 0 Å². The maximum Gasteiger partial charge on any atom is 0.0730 e. The Hall–Kier alpha value is -0.380. The van der Waals surface area contributed by atoms with E-state index in [1.165, 1.54) is 0 Å². The van der Waals surface area contributed by atoms with Crippen molar-refractivity contribution in [3.63, 3.8) is 0 Å². The predicted molar refractivity (Wildman–Crippen MR) is 54.5 cm³/mol. The summed E-state index contributed by atoms with van der Waals surface area (Å²) in [4.78, 5) is 2.24. The standard InChI is InChI=1S/C10H20N2O/c1-8(6-11)7-12-5-4-9(13)10(12,2)3/h9,13H,1,4-7,11H2,2-3H3. The summed E-state index contributed by atoms with van der Waals surface area (Å²) in [5, 5.41) is 9.71. The second-order valence-corrected chi connectivity index (χ2v) is 4.33. The number of aliphatic hydroxyl groups is 1. The summed E-state index contributed by atoms with van der Waals surface area (Å²) in [6.07, 6.45) is 0.628. The third-order valence-corrected chi connectivity index (χ3v) is 3.01. The van der Waals surface area contributed by atoms with E-state index in [4.69, 9.17) is 5.73 Å². The van der Waals surface area contributed by atoms with Crippen LogP contribution in [0.4, 0.5) is 0 Å². The van der Waals surface area contributed by atoms with E-state index < -0.39 is 0 Å². The lowest BCUT2D eigenvalue weighted by Crippen LogP contribution is -2.46. The van der Waals surface area contributed by atoms with Crippen molar-refractivity contribution in [3.05, 3.63) is 12.2 Å². The minimum atomic E-state index is -0.224. The maximum atomic E-state index is 9.71. The van der Waals surface area contributed by atoms with Gasteiger partial charge in [-0.05, 0) is 25.8 Å². The molecule has 3 N–H and O–H groups in total. The highest BCUT2D eigenvalue weighted by Crippen LogP contribution is 2.28. The number of aliphatic hydroxyl groups excluding tert-OH is 1. The Kier molecular flexibility index (Phi) is 3.11. The van der Waals surface area contributed by atoms with Crippen LogP contribution in [0.15, 0.2) is 12.2 Å². The molecule has 76 valence electrons. The summed E-state index contributed by atoms with van der Waals surface area (Å²) in [6.45, 7) is 10.3. The predicted octanol–water partition coefficient (Wildman–Crippen LogP) is 0.346. The highest BCUT2D eigenvalue weighted by atomic mass is 16.3. The summed E-state index contributed by atoms with van der Waals surface area (Å²) >= 11 is 0. The van der Waals surface area contributed by atoms with E-state index in [2.05, 4.69) is 25.3 Å². The molecule has 13 heavy (non-hydrogen) atoms. The van der Waals surface area contributed by atoms with Crippen molar-refractivity contribution in [1.82, 2.24) is 4.90 Å². The molecule has 1 fully saturated rings. The average Bonchev–Trinajstić information content (AvgIpc) is 2.31. The normalized spacial score (nSPS) is 27.8. The van der Waals surface area contributed by atoms with Crippen LogP contribution in [0.5, 0.6) is 0 Å². The molecule has 0 aliphatic carbocycles. The molecule has 0 aromatic rings. The van der Waals surface area contributed by atoms with Gasteiger partial charge in [-0.1, -0.05) is 6.58 Å². The molecule has 0 bridgehead atoms. The highest BCUT2D eigenvalue weighted by molar-refractivity contribution is 5.05. The number of likely N-dealkylation sites (tertiary alicyclic amines) is 1. The van der Waals surface area contributed by atoms with Gasteiger partial charge in [-0.15, -0.1) is 0 Å². The monoisotopic (exact) mass is 184 g/mol. The van der Waals surface area contributed by atoms with Gasteiger partial charge in [0.1, 0.15) is 0 Å². The van der Waals surface area contributed by atoms with Crippen LogP contribution in [0.1, 0.15) is 20.3 Å². The minimum Gasteiger partial charge on any atom is -0.391 e. The first-order chi connectivity index (χ1) is 5.98. The fraction of sp³-hybridized carbons (Fsp3) is 0.800. The molecule has 0 amide bonds. The zero-order valence-electron chi connectivity index (χ0n) is 8.58. The van der Waals surface area contributed by atoms with Gasteiger partial charge in [0.15, 0.2) is 0 Å². The SMILES string of the molecule is C=C(CN)CN1CCC(O)C1(C)C. The first kappa shape index (κ1) is 10.7. The molecule has 3 nitrogen and oxygen atoms in total. The fourth-order valence-corrected chi connectivity index (χ4v) is 1.75. The Morgan fingerprint density at radius 2 is 2.31 bits per heavy atom. The van der Waals surface area contributed by atoms with Crippen molar-refractivity contribution < 1.29 is 5.11 Å². The number of hydrogen-bond donors (Lipinski definition) is 2. The van der Waals surface area contributed by atoms with E-state index in [0.717, 1.165) is 25.1 Å². The molecule has 1 unspecified atom stereocenters. The van der Waals surface area contributed by atoms with Crippen LogP contribution < -0.4 is 5.73 Å². The summed E-state index contributed by atoms with van der Waals surface area (Å²) in [5.41, 5.74) is 6.39. The highest BCUT2D eigenvalue weighted by Gasteiger charge is 2.39. The quantitative estimate of drug-likeness (QED) is 0.622. The van der Waals surface area contributed by atoms with Gasteiger partial charge in [0.05, 0.1) is 6.10 Å². The molecule has 1 aliphatic rings. The third-order valence-electron chi connectivity index (χ3n) is 3.01. The lowest BCUT2D eigenvalue weighted by molar-refractivity contribution is 0.0595. The third kappa shape index (κ3) is 2.10. The molecular formula is C10H20N2O. The van der Waals surface area contributed by atoms with E-state index in [-0.39, 0.29) is 11.6 Å². The lowest BCUT2D eigenvalue weighted by atomic mass is 9.98. The van der Waals surface area contributed by atoms with Crippen molar-refractivity contribution >= 4 is 0 Å². The summed E-state index contributed by atoms with van der Waals surface area (Å²) < 4.78 is 0. The first-order valence-corrected chi connectivity index (χ1v) is 4.78. The largest absolute Gasteiger partial charge is 0.391 e. The van der Waals surface area contributed by atoms with E-state index >= 15 is 0 Å². The summed E-state index contributed by atoms with van der Waals surface area (Å²) in [6, 6.07) is 0. The van der Waals surface area contributed by atoms with Crippen LogP contribution in [0.2, 0.25) is 0 Å². The fourth-order valence-electron chi connectivity index (χ4n) is 1.75. The van der Waals surface area contributed by atoms with Crippen LogP contribution in [0, 0.1) is 0 Å². The molecule has 1 heterocycles. The van der Waals surface area contributed by atoms with Gasteiger partial charge in [0, 0.05) is 25.2 Å². The smallest absolute Gasteiger partial charge is 0.0730 e. The second kappa shape index (κ2) is 3.78. The number of rotatable bonds is 3. The van der Waals surface area contributed by atoms with Gasteiger partial charge in [-0.3, -0.25) is 4.90 Å². The Balaban J connectivity index is 2.57. The zero-order valence-corrected chi connectivity index (χ0v) is 8.58. The van der Waals surface area contributed by atoms with Gasteiger partial charge in [0.25, 0.3) is 0 Å². The lowest BCUT2D eigenvalue weighted by Gasteiger charge is -2.34. The molecule has 0 radical (unpaired) electrons. The summed E-state index contributed by atoms with van der Waals surface area (Å²) in [5.74, 6) is 0. The Bertz CT molecular complexity index is 201. The first-order valence-electron chi connectivity index (χ1n) is 4.78. The topological polar surface area (TPSA) is 49.5 Å². The molecule has 1 aliphatic heterocycles. The van der Waals surface area contributed by atoms with Crippen LogP contribution in [-0.2, 0) is 0 Å². The summed E-state index contributed by atoms with van der Waals surface area (Å²) in [7, 11) is 0. The molecule has 1 atom stereocenters. The van der Waals surface area contributed by atoms with Gasteiger partial charge in [-0.2, -0.15) is 0 Å². The number of nitrogens with two attached hydrogens (primary N) is 1. The average molecular weight is 184 g/mol. The van der Waals surface area contributed by atoms with Crippen molar-refractivity contribution in [3.8, 4) is 0 Å². The van der Waals surface area contributed by atoms with Crippen molar-refractivity contribution in [2.75, 3.05) is 19.6 Å². The molecule has 0 saturated carbocycles. The maximum absolute atomic E-state index is 9.71. The molecule has 0 spiro atoms. The van der Waals surface area contributed by atoms with Crippen molar-refractivity contribution in [2.45, 2.75) is 31.9 Å². The second-order valence-electron chi connectivity index (χ2n) is 4.33. The minimum absolute atomic E-state index is 0.127. The van der Waals surface area contributed by atoms with Crippen molar-refractivity contribution in [1.29, 1.82) is 0 Å². The molecule has 1 saturated heterocycles. The van der Waals surface area contributed by atoms with Gasteiger partial charge < -0.3 is 10.8 Å². The number of nitrogens with zero attached hydrogens (tertiary/aromatic N) is 1. The van der Waals surface area contributed by atoms with E-state index in [0.29, 0.717) is 6.54 Å². The Labute approximate surface area is 80.2 Å². The molecule has 1 rings (SSSR count). The molecule has 0 aromatic carbocycles. The zero-order chi connectivity index (χ0) is 10.1. The molecular weight excluding hydrogens is 164 g/mol. The van der Waals surface area contributed by atoms with E-state index in [9.17, 15) is 5.11 Å². The van der Waals surface area contributed by atoms with E-state index in [1.54, 1.807) is 0 Å². The van der Waals surface area contributed by atoms with Crippen LogP contribution in [0.3, 0.4) is 0 Å². The van der Waals surface area contributed by atoms with Crippen LogP contribution in [-0.4, -0.2) is 41.3 Å². The van der Waals surface area contributed by atoms with Gasteiger partial charge >= 0.3 is 0 Å². The van der Waals surface area contributed by atoms with E-state index in [1.807, 2.05) is 0 Å².